The van der Waals surface area contributed by atoms with Gasteiger partial charge in [0.05, 0.1) is 6.61 Å². The summed E-state index contributed by atoms with van der Waals surface area (Å²) >= 11 is 0. The number of nitrogens with zero attached hydrogens (tertiary/aromatic N) is 2. The third-order valence-electron chi connectivity index (χ3n) is 4.44. The lowest BCUT2D eigenvalue weighted by Gasteiger charge is -2.03. The van der Waals surface area contributed by atoms with Gasteiger partial charge >= 0.3 is 5.97 Å². The van der Waals surface area contributed by atoms with Gasteiger partial charge in [0.1, 0.15) is 5.58 Å². The number of aryl methyl sites for hydroxylation is 1. The van der Waals surface area contributed by atoms with E-state index >= 15 is 0 Å². The van der Waals surface area contributed by atoms with E-state index in [0.717, 1.165) is 16.5 Å². The highest BCUT2D eigenvalue weighted by Gasteiger charge is 2.22. The van der Waals surface area contributed by atoms with Gasteiger partial charge in [-0.05, 0) is 19.9 Å². The molecule has 0 N–H and O–H groups in total. The molecular formula is C22H20N2O5. The van der Waals surface area contributed by atoms with Crippen molar-refractivity contribution in [3.05, 3.63) is 71.3 Å². The van der Waals surface area contributed by atoms with E-state index in [4.69, 9.17) is 18.4 Å². The molecule has 0 amide bonds. The van der Waals surface area contributed by atoms with Gasteiger partial charge < -0.3 is 18.4 Å². The van der Waals surface area contributed by atoms with Crippen LogP contribution in [0.5, 0.6) is 0 Å². The number of para-hydroxylation sites is 1. The van der Waals surface area contributed by atoms with Gasteiger partial charge in [-0.15, -0.1) is 0 Å². The van der Waals surface area contributed by atoms with Crippen LogP contribution in [-0.2, 0) is 22.7 Å². The number of carbonyl (C=O) groups excluding carboxylic acids is 1. The summed E-state index contributed by atoms with van der Waals surface area (Å²) in [5, 5.41) is 4.77. The van der Waals surface area contributed by atoms with Crippen LogP contribution in [0.25, 0.3) is 22.4 Å². The van der Waals surface area contributed by atoms with Crippen molar-refractivity contribution in [1.29, 1.82) is 0 Å². The van der Waals surface area contributed by atoms with Gasteiger partial charge in [0.25, 0.3) is 5.89 Å². The van der Waals surface area contributed by atoms with Gasteiger partial charge in [0.15, 0.2) is 6.61 Å². The number of benzene rings is 2. The van der Waals surface area contributed by atoms with Crippen LogP contribution in [0.1, 0.15) is 34.5 Å². The normalized spacial score (nSPS) is 11.1. The Labute approximate surface area is 167 Å². The van der Waals surface area contributed by atoms with Crippen LogP contribution >= 0.6 is 0 Å². The van der Waals surface area contributed by atoms with E-state index in [2.05, 4.69) is 10.1 Å². The maximum absolute atomic E-state index is 12.6. The standard InChI is InChI=1S/C22H20N2O5/c1-3-26-12-17-16-6-4-5-7-18(16)28-20(17)22(25)27-13-19-23-21(24-29-19)15-10-8-14(2)9-11-15/h4-11H,3,12-13H2,1-2H3. The maximum atomic E-state index is 12.6. The Morgan fingerprint density at radius 1 is 1.07 bits per heavy atom. The van der Waals surface area contributed by atoms with Crippen LogP contribution in [0.2, 0.25) is 0 Å². The minimum Gasteiger partial charge on any atom is -0.450 e. The fourth-order valence-corrected chi connectivity index (χ4v) is 2.94. The van der Waals surface area contributed by atoms with Crippen molar-refractivity contribution >= 4 is 16.9 Å². The molecule has 0 aliphatic carbocycles. The van der Waals surface area contributed by atoms with E-state index in [1.165, 1.54) is 0 Å². The Morgan fingerprint density at radius 3 is 2.66 bits per heavy atom. The molecule has 4 aromatic rings. The van der Waals surface area contributed by atoms with Crippen molar-refractivity contribution in [3.8, 4) is 11.4 Å². The number of carbonyl (C=O) groups is 1. The molecular weight excluding hydrogens is 372 g/mol. The molecule has 0 saturated heterocycles. The van der Waals surface area contributed by atoms with Gasteiger partial charge in [-0.2, -0.15) is 4.98 Å². The van der Waals surface area contributed by atoms with Crippen molar-refractivity contribution in [2.24, 2.45) is 0 Å². The molecule has 4 rings (SSSR count). The summed E-state index contributed by atoms with van der Waals surface area (Å²) in [6, 6.07) is 15.2. The molecule has 0 saturated carbocycles. The van der Waals surface area contributed by atoms with E-state index in [0.29, 0.717) is 23.6 Å². The number of rotatable bonds is 7. The highest BCUT2D eigenvalue weighted by atomic mass is 16.6. The number of furan rings is 1. The molecule has 2 heterocycles. The molecule has 0 atom stereocenters. The summed E-state index contributed by atoms with van der Waals surface area (Å²) in [4.78, 5) is 16.9. The van der Waals surface area contributed by atoms with E-state index < -0.39 is 5.97 Å². The summed E-state index contributed by atoms with van der Waals surface area (Å²) in [6.07, 6.45) is 0. The second kappa shape index (κ2) is 8.28. The quantitative estimate of drug-likeness (QED) is 0.422. The van der Waals surface area contributed by atoms with Crippen molar-refractivity contribution in [2.45, 2.75) is 27.1 Å². The average Bonchev–Trinajstić information content (AvgIpc) is 3.36. The number of aromatic nitrogens is 2. The number of hydrogen-bond donors (Lipinski definition) is 0. The zero-order chi connectivity index (χ0) is 20.2. The molecule has 7 nitrogen and oxygen atoms in total. The Hall–Kier alpha value is -3.45. The first-order chi connectivity index (χ1) is 14.2. The molecule has 2 aromatic carbocycles. The zero-order valence-corrected chi connectivity index (χ0v) is 16.2. The molecule has 2 aromatic heterocycles. The number of esters is 1. The Morgan fingerprint density at radius 2 is 1.86 bits per heavy atom. The van der Waals surface area contributed by atoms with E-state index in [1.807, 2.05) is 56.3 Å². The van der Waals surface area contributed by atoms with E-state index in [9.17, 15) is 4.79 Å². The van der Waals surface area contributed by atoms with Crippen LogP contribution in [0.3, 0.4) is 0 Å². The van der Waals surface area contributed by atoms with Gasteiger partial charge in [0, 0.05) is 23.1 Å². The third kappa shape index (κ3) is 4.05. The van der Waals surface area contributed by atoms with Crippen molar-refractivity contribution < 1.29 is 23.2 Å². The van der Waals surface area contributed by atoms with Gasteiger partial charge in [-0.25, -0.2) is 4.79 Å². The topological polar surface area (TPSA) is 87.6 Å². The monoisotopic (exact) mass is 392 g/mol. The lowest BCUT2D eigenvalue weighted by atomic mass is 10.1. The predicted octanol–water partition coefficient (Wildman–Crippen LogP) is 4.68. The van der Waals surface area contributed by atoms with Gasteiger partial charge in [0.2, 0.25) is 11.6 Å². The Kier molecular flexibility index (Phi) is 5.39. The predicted molar refractivity (Wildman–Crippen MR) is 105 cm³/mol. The summed E-state index contributed by atoms with van der Waals surface area (Å²) in [5.74, 6) is 0.164. The smallest absolute Gasteiger partial charge is 0.375 e. The Balaban J connectivity index is 1.49. The minimum atomic E-state index is -0.606. The van der Waals surface area contributed by atoms with Gasteiger partial charge in [-0.3, -0.25) is 0 Å². The Bertz CT molecular complexity index is 1130. The second-order valence-electron chi connectivity index (χ2n) is 6.50. The summed E-state index contributed by atoms with van der Waals surface area (Å²) < 4.78 is 21.7. The molecule has 0 radical (unpaired) electrons. The highest BCUT2D eigenvalue weighted by Crippen LogP contribution is 2.27. The van der Waals surface area contributed by atoms with Crippen molar-refractivity contribution in [2.75, 3.05) is 6.61 Å². The summed E-state index contributed by atoms with van der Waals surface area (Å²) in [7, 11) is 0. The maximum Gasteiger partial charge on any atom is 0.375 e. The first-order valence-electron chi connectivity index (χ1n) is 9.30. The first-order valence-corrected chi connectivity index (χ1v) is 9.30. The first kappa shape index (κ1) is 18.9. The molecule has 0 unspecified atom stereocenters. The average molecular weight is 392 g/mol. The zero-order valence-electron chi connectivity index (χ0n) is 16.2. The summed E-state index contributed by atoms with van der Waals surface area (Å²) in [5.41, 5.74) is 3.24. The summed E-state index contributed by atoms with van der Waals surface area (Å²) in [6.45, 7) is 4.53. The van der Waals surface area contributed by atoms with Crippen LogP contribution in [0.15, 0.2) is 57.5 Å². The van der Waals surface area contributed by atoms with Crippen LogP contribution in [-0.4, -0.2) is 22.7 Å². The minimum absolute atomic E-state index is 0.123. The molecule has 0 spiro atoms. The lowest BCUT2D eigenvalue weighted by molar-refractivity contribution is 0.0388. The largest absolute Gasteiger partial charge is 0.450 e. The van der Waals surface area contributed by atoms with Crippen molar-refractivity contribution in [1.82, 2.24) is 10.1 Å². The van der Waals surface area contributed by atoms with E-state index in [1.54, 1.807) is 6.07 Å². The molecule has 148 valence electrons. The third-order valence-corrected chi connectivity index (χ3v) is 4.44. The van der Waals surface area contributed by atoms with E-state index in [-0.39, 0.29) is 24.9 Å². The molecule has 7 heteroatoms. The van der Waals surface area contributed by atoms with Crippen molar-refractivity contribution in [3.63, 3.8) is 0 Å². The lowest BCUT2D eigenvalue weighted by Crippen LogP contribution is -2.08. The molecule has 0 aliphatic rings. The highest BCUT2D eigenvalue weighted by molar-refractivity contribution is 5.96. The van der Waals surface area contributed by atoms with Crippen LogP contribution < -0.4 is 0 Å². The fourth-order valence-electron chi connectivity index (χ4n) is 2.94. The fraction of sp³-hybridized carbons (Fsp3) is 0.227. The number of hydrogen-bond acceptors (Lipinski definition) is 7. The SMILES string of the molecule is CCOCc1c(C(=O)OCc2nc(-c3ccc(C)cc3)no2)oc2ccccc12. The van der Waals surface area contributed by atoms with Crippen LogP contribution in [0, 0.1) is 6.92 Å². The molecule has 0 aliphatic heterocycles. The molecule has 29 heavy (non-hydrogen) atoms. The molecule has 0 fully saturated rings. The number of fused-ring (bicyclic) bond motifs is 1. The molecule has 0 bridgehead atoms. The second-order valence-corrected chi connectivity index (χ2v) is 6.50. The number of ether oxygens (including phenoxy) is 2. The van der Waals surface area contributed by atoms with Crippen LogP contribution in [0.4, 0.5) is 0 Å². The van der Waals surface area contributed by atoms with Gasteiger partial charge in [-0.1, -0.05) is 53.2 Å².